The van der Waals surface area contributed by atoms with E-state index < -0.39 is 0 Å². The Bertz CT molecular complexity index is 564. The molecule has 0 aliphatic rings. The van der Waals surface area contributed by atoms with Crippen LogP contribution in [0.25, 0.3) is 0 Å². The molecule has 120 valence electrons. The van der Waals surface area contributed by atoms with Crippen molar-refractivity contribution in [1.29, 1.82) is 0 Å². The van der Waals surface area contributed by atoms with Gasteiger partial charge in [0.15, 0.2) is 0 Å². The second kappa shape index (κ2) is 9.85. The topological polar surface area (TPSA) is 41.5 Å². The first-order valence-electron chi connectivity index (χ1n) is 6.99. The van der Waals surface area contributed by atoms with E-state index in [9.17, 15) is 5.11 Å². The fourth-order valence-electron chi connectivity index (χ4n) is 1.98. The molecule has 0 radical (unpaired) electrons. The Morgan fingerprint density at radius 2 is 1.91 bits per heavy atom. The summed E-state index contributed by atoms with van der Waals surface area (Å²) in [5.41, 5.74) is 2.21. The first-order valence-corrected chi connectivity index (χ1v) is 7.78. The van der Waals surface area contributed by atoms with Crippen LogP contribution in [0.15, 0.2) is 53.0 Å². The monoisotopic (exact) mass is 385 g/mol. The van der Waals surface area contributed by atoms with Crippen molar-refractivity contribution in [2.24, 2.45) is 0 Å². The summed E-state index contributed by atoms with van der Waals surface area (Å²) in [6.45, 7) is 3.53. The predicted molar refractivity (Wildman–Crippen MR) is 95.6 cm³/mol. The van der Waals surface area contributed by atoms with E-state index in [0.29, 0.717) is 19.7 Å². The lowest BCUT2D eigenvalue weighted by molar-refractivity contribution is 0.190. The third-order valence-corrected chi connectivity index (χ3v) is 3.51. The molecule has 0 fully saturated rings. The van der Waals surface area contributed by atoms with Crippen LogP contribution in [0.1, 0.15) is 18.1 Å². The highest BCUT2D eigenvalue weighted by molar-refractivity contribution is 9.10. The smallest absolute Gasteiger partial charge is 0.124 e. The molecule has 0 amide bonds. The molecule has 2 rings (SSSR count). The van der Waals surface area contributed by atoms with Gasteiger partial charge >= 0.3 is 0 Å². The molecule has 0 saturated heterocycles. The van der Waals surface area contributed by atoms with Crippen LogP contribution in [0.5, 0.6) is 5.75 Å². The highest BCUT2D eigenvalue weighted by atomic mass is 79.9. The maximum absolute atomic E-state index is 9.30. The summed E-state index contributed by atoms with van der Waals surface area (Å²) >= 11 is 3.48. The van der Waals surface area contributed by atoms with Crippen molar-refractivity contribution in [2.75, 3.05) is 6.54 Å². The minimum atomic E-state index is -0.356. The van der Waals surface area contributed by atoms with Gasteiger partial charge < -0.3 is 15.2 Å². The standard InChI is InChI=1S/C17H20BrNO2.ClH/c1-13(20)10-19-11-15-9-16(18)7-8-17(15)21-12-14-5-3-2-4-6-14;/h2-9,13,19-20H,10-12H2,1H3;1H. The molecule has 2 aromatic rings. The minimum absolute atomic E-state index is 0. The minimum Gasteiger partial charge on any atom is -0.489 e. The maximum atomic E-state index is 9.30. The van der Waals surface area contributed by atoms with Crippen molar-refractivity contribution in [1.82, 2.24) is 5.32 Å². The molecule has 2 aromatic carbocycles. The number of hydrogen-bond acceptors (Lipinski definition) is 3. The SMILES string of the molecule is CC(O)CNCc1cc(Br)ccc1OCc1ccccc1.Cl. The van der Waals surface area contributed by atoms with Crippen molar-refractivity contribution in [3.63, 3.8) is 0 Å². The van der Waals surface area contributed by atoms with E-state index in [4.69, 9.17) is 4.74 Å². The van der Waals surface area contributed by atoms with Crippen LogP contribution in [-0.2, 0) is 13.2 Å². The molecule has 0 aliphatic heterocycles. The number of nitrogens with one attached hydrogen (secondary N) is 1. The molecule has 5 heteroatoms. The Hall–Kier alpha value is -1.07. The van der Waals surface area contributed by atoms with E-state index in [2.05, 4.69) is 21.2 Å². The van der Waals surface area contributed by atoms with Crippen LogP contribution in [-0.4, -0.2) is 17.8 Å². The molecular formula is C17H21BrClNO2. The second-order valence-electron chi connectivity index (χ2n) is 5.01. The normalized spacial score (nSPS) is 11.6. The second-order valence-corrected chi connectivity index (χ2v) is 5.92. The van der Waals surface area contributed by atoms with Gasteiger partial charge in [0.05, 0.1) is 6.10 Å². The van der Waals surface area contributed by atoms with E-state index in [-0.39, 0.29) is 18.5 Å². The van der Waals surface area contributed by atoms with Crippen LogP contribution < -0.4 is 10.1 Å². The molecule has 0 aromatic heterocycles. The van der Waals surface area contributed by atoms with Crippen molar-refractivity contribution in [3.8, 4) is 5.75 Å². The van der Waals surface area contributed by atoms with Gasteiger partial charge in [-0.05, 0) is 30.7 Å². The van der Waals surface area contributed by atoms with Crippen molar-refractivity contribution < 1.29 is 9.84 Å². The Balaban J connectivity index is 0.00000242. The number of halogens is 2. The molecule has 1 unspecified atom stereocenters. The zero-order chi connectivity index (χ0) is 15.1. The molecule has 22 heavy (non-hydrogen) atoms. The van der Waals surface area contributed by atoms with E-state index in [1.807, 2.05) is 48.5 Å². The number of benzene rings is 2. The summed E-state index contributed by atoms with van der Waals surface area (Å²) in [6.07, 6.45) is -0.356. The van der Waals surface area contributed by atoms with Crippen LogP contribution in [0, 0.1) is 0 Å². The van der Waals surface area contributed by atoms with Crippen LogP contribution >= 0.6 is 28.3 Å². The quantitative estimate of drug-likeness (QED) is 0.758. The van der Waals surface area contributed by atoms with E-state index in [1.54, 1.807) is 6.92 Å². The molecule has 0 heterocycles. The number of ether oxygens (including phenoxy) is 1. The van der Waals surface area contributed by atoms with Gasteiger partial charge in [-0.2, -0.15) is 0 Å². The van der Waals surface area contributed by atoms with Gasteiger partial charge in [-0.1, -0.05) is 46.3 Å². The predicted octanol–water partition coefficient (Wildman–Crippen LogP) is 3.92. The lowest BCUT2D eigenvalue weighted by Gasteiger charge is -2.13. The average molecular weight is 387 g/mol. The van der Waals surface area contributed by atoms with Crippen molar-refractivity contribution in [2.45, 2.75) is 26.2 Å². The van der Waals surface area contributed by atoms with Gasteiger partial charge in [0.1, 0.15) is 12.4 Å². The van der Waals surface area contributed by atoms with Crippen LogP contribution in [0.2, 0.25) is 0 Å². The lowest BCUT2D eigenvalue weighted by atomic mass is 10.2. The van der Waals surface area contributed by atoms with Crippen molar-refractivity contribution >= 4 is 28.3 Å². The van der Waals surface area contributed by atoms with Gasteiger partial charge in [0, 0.05) is 23.1 Å². The van der Waals surface area contributed by atoms with E-state index in [0.717, 1.165) is 21.3 Å². The zero-order valence-corrected chi connectivity index (χ0v) is 14.9. The third kappa shape index (κ3) is 6.36. The highest BCUT2D eigenvalue weighted by Crippen LogP contribution is 2.24. The molecular weight excluding hydrogens is 366 g/mol. The first-order chi connectivity index (χ1) is 10.1. The third-order valence-electron chi connectivity index (χ3n) is 3.01. The Labute approximate surface area is 146 Å². The summed E-state index contributed by atoms with van der Waals surface area (Å²) in [7, 11) is 0. The Morgan fingerprint density at radius 3 is 2.59 bits per heavy atom. The lowest BCUT2D eigenvalue weighted by Crippen LogP contribution is -2.24. The summed E-state index contributed by atoms with van der Waals surface area (Å²) in [5, 5.41) is 12.5. The van der Waals surface area contributed by atoms with Gasteiger partial charge in [0.2, 0.25) is 0 Å². The van der Waals surface area contributed by atoms with Gasteiger partial charge in [-0.25, -0.2) is 0 Å². The maximum Gasteiger partial charge on any atom is 0.124 e. The van der Waals surface area contributed by atoms with E-state index >= 15 is 0 Å². The molecule has 0 aliphatic carbocycles. The highest BCUT2D eigenvalue weighted by Gasteiger charge is 2.06. The Morgan fingerprint density at radius 1 is 1.18 bits per heavy atom. The van der Waals surface area contributed by atoms with Gasteiger partial charge in [-0.3, -0.25) is 0 Å². The largest absolute Gasteiger partial charge is 0.489 e. The summed E-state index contributed by atoms with van der Waals surface area (Å²) in [5.74, 6) is 0.861. The summed E-state index contributed by atoms with van der Waals surface area (Å²) in [6, 6.07) is 16.1. The van der Waals surface area contributed by atoms with E-state index in [1.165, 1.54) is 0 Å². The molecule has 0 spiro atoms. The number of aliphatic hydroxyl groups excluding tert-OH is 1. The van der Waals surface area contributed by atoms with Gasteiger partial charge in [0.25, 0.3) is 0 Å². The van der Waals surface area contributed by atoms with Crippen molar-refractivity contribution in [3.05, 3.63) is 64.1 Å². The molecule has 3 nitrogen and oxygen atoms in total. The zero-order valence-electron chi connectivity index (χ0n) is 12.5. The molecule has 0 bridgehead atoms. The summed E-state index contributed by atoms with van der Waals surface area (Å²) in [4.78, 5) is 0. The van der Waals surface area contributed by atoms with Crippen LogP contribution in [0.3, 0.4) is 0 Å². The number of rotatable bonds is 7. The average Bonchev–Trinajstić information content (AvgIpc) is 2.47. The number of aliphatic hydroxyl groups is 1. The van der Waals surface area contributed by atoms with Crippen LogP contribution in [0.4, 0.5) is 0 Å². The van der Waals surface area contributed by atoms with Gasteiger partial charge in [-0.15, -0.1) is 12.4 Å². The fraction of sp³-hybridized carbons (Fsp3) is 0.294. The first kappa shape index (κ1) is 19.0. The number of hydrogen-bond donors (Lipinski definition) is 2. The molecule has 0 saturated carbocycles. The fourth-order valence-corrected chi connectivity index (χ4v) is 2.39. The summed E-state index contributed by atoms with van der Waals surface area (Å²) < 4.78 is 6.93. The Kier molecular flexibility index (Phi) is 8.49. The molecule has 1 atom stereocenters. The molecule has 2 N–H and O–H groups in total.